The molecule has 26 heavy (non-hydrogen) atoms. The number of piperazine rings is 1. The average molecular weight is 365 g/mol. The largest absolute Gasteiger partial charge is 0.307 e. The minimum atomic E-state index is -0.190. The molecule has 0 aliphatic carbocycles. The van der Waals surface area contributed by atoms with Crippen molar-refractivity contribution < 1.29 is 4.39 Å². The van der Waals surface area contributed by atoms with E-state index in [2.05, 4.69) is 39.5 Å². The normalized spacial score (nSPS) is 25.0. The fourth-order valence-corrected chi connectivity index (χ4v) is 4.95. The summed E-state index contributed by atoms with van der Waals surface area (Å²) < 4.78 is 13.4. The summed E-state index contributed by atoms with van der Waals surface area (Å²) in [6.07, 6.45) is 1.88. The maximum absolute atomic E-state index is 13.4. The number of benzene rings is 2. The summed E-state index contributed by atoms with van der Waals surface area (Å²) in [6.45, 7) is 3.08. The van der Waals surface area contributed by atoms with Gasteiger partial charge in [0.25, 0.3) is 0 Å². The number of nitrogens with one attached hydrogen (secondary N) is 1. The zero-order valence-electron chi connectivity index (χ0n) is 14.3. The van der Waals surface area contributed by atoms with Crippen molar-refractivity contribution in [3.8, 4) is 11.1 Å². The van der Waals surface area contributed by atoms with E-state index in [1.54, 1.807) is 23.5 Å². The van der Waals surface area contributed by atoms with Crippen LogP contribution in [0.5, 0.6) is 0 Å². The Bertz CT molecular complexity index is 882. The Morgan fingerprint density at radius 1 is 1.08 bits per heavy atom. The zero-order chi connectivity index (χ0) is 17.5. The Morgan fingerprint density at radius 2 is 1.88 bits per heavy atom. The third-order valence-corrected chi connectivity index (χ3v) is 6.27. The second-order valence-electron chi connectivity index (χ2n) is 7.16. The molecule has 2 aromatic carbocycles. The van der Waals surface area contributed by atoms with Gasteiger partial charge < -0.3 is 5.32 Å². The van der Waals surface area contributed by atoms with E-state index in [0.29, 0.717) is 18.0 Å². The predicted molar refractivity (Wildman–Crippen MR) is 103 cm³/mol. The predicted octanol–water partition coefficient (Wildman–Crippen LogP) is 3.89. The van der Waals surface area contributed by atoms with Gasteiger partial charge in [0.05, 0.1) is 6.54 Å². The molecular weight excluding hydrogens is 345 g/mol. The minimum absolute atomic E-state index is 0.190. The first-order valence-electron chi connectivity index (χ1n) is 8.99. The molecule has 132 valence electrons. The minimum Gasteiger partial charge on any atom is -0.307 e. The molecule has 3 saturated heterocycles. The molecule has 0 saturated carbocycles. The van der Waals surface area contributed by atoms with Gasteiger partial charge in [0.1, 0.15) is 10.8 Å². The molecule has 1 N–H and O–H groups in total. The van der Waals surface area contributed by atoms with E-state index in [1.807, 2.05) is 17.6 Å². The maximum atomic E-state index is 13.4. The van der Waals surface area contributed by atoms with E-state index in [4.69, 9.17) is 0 Å². The molecule has 5 heteroatoms. The number of piperidine rings is 1. The lowest BCUT2D eigenvalue weighted by Crippen LogP contribution is -2.71. The summed E-state index contributed by atoms with van der Waals surface area (Å²) >= 11 is 1.73. The SMILES string of the molecule is Fc1cccc(-c2ccc(C3[C@@H]4CN(Cc5nccs5)C[C@H]3N4)cc2)c1. The van der Waals surface area contributed by atoms with E-state index in [1.165, 1.54) is 16.6 Å². The van der Waals surface area contributed by atoms with Crippen molar-refractivity contribution >= 4 is 11.3 Å². The van der Waals surface area contributed by atoms with Crippen LogP contribution in [0.25, 0.3) is 11.1 Å². The number of thiazole rings is 1. The molecule has 0 amide bonds. The maximum Gasteiger partial charge on any atom is 0.123 e. The summed E-state index contributed by atoms with van der Waals surface area (Å²) in [4.78, 5) is 6.90. The first-order chi connectivity index (χ1) is 12.8. The van der Waals surface area contributed by atoms with E-state index < -0.39 is 0 Å². The lowest BCUT2D eigenvalue weighted by Gasteiger charge is -2.54. The van der Waals surface area contributed by atoms with E-state index in [0.717, 1.165) is 30.8 Å². The van der Waals surface area contributed by atoms with Gasteiger partial charge >= 0.3 is 0 Å². The summed E-state index contributed by atoms with van der Waals surface area (Å²) in [5.41, 5.74) is 3.38. The molecule has 3 aromatic rings. The quantitative estimate of drug-likeness (QED) is 0.760. The summed E-state index contributed by atoms with van der Waals surface area (Å²) in [7, 11) is 0. The number of hydrogen-bond acceptors (Lipinski definition) is 4. The third-order valence-electron chi connectivity index (χ3n) is 5.50. The van der Waals surface area contributed by atoms with Gasteiger partial charge in [-0.1, -0.05) is 36.4 Å². The number of hydrogen-bond donors (Lipinski definition) is 1. The summed E-state index contributed by atoms with van der Waals surface area (Å²) in [6, 6.07) is 16.5. The van der Waals surface area contributed by atoms with Gasteiger partial charge in [-0.3, -0.25) is 4.90 Å². The van der Waals surface area contributed by atoms with E-state index in [9.17, 15) is 4.39 Å². The molecular formula is C21H20FN3S. The molecule has 1 unspecified atom stereocenters. The fourth-order valence-electron chi connectivity index (χ4n) is 4.29. The highest BCUT2D eigenvalue weighted by Gasteiger charge is 2.46. The Kier molecular flexibility index (Phi) is 4.08. The lowest BCUT2D eigenvalue weighted by atomic mass is 9.74. The number of halogens is 1. The van der Waals surface area contributed by atoms with Crippen LogP contribution in [-0.2, 0) is 6.54 Å². The van der Waals surface area contributed by atoms with Crippen LogP contribution in [0.2, 0.25) is 0 Å². The van der Waals surface area contributed by atoms with Crippen molar-refractivity contribution in [1.82, 2.24) is 15.2 Å². The zero-order valence-corrected chi connectivity index (χ0v) is 15.1. The number of rotatable bonds is 4. The number of fused-ring (bicyclic) bond motifs is 2. The van der Waals surface area contributed by atoms with Crippen molar-refractivity contribution in [2.24, 2.45) is 0 Å². The average Bonchev–Trinajstić information content (AvgIpc) is 3.15. The summed E-state index contributed by atoms with van der Waals surface area (Å²) in [5, 5.41) is 6.92. The number of aromatic nitrogens is 1. The summed E-state index contributed by atoms with van der Waals surface area (Å²) in [5.74, 6) is 0.383. The van der Waals surface area contributed by atoms with Gasteiger partial charge in [-0.15, -0.1) is 11.3 Å². The van der Waals surface area contributed by atoms with Gasteiger partial charge in [-0.05, 0) is 28.8 Å². The van der Waals surface area contributed by atoms with Crippen molar-refractivity contribution in [2.45, 2.75) is 24.5 Å². The van der Waals surface area contributed by atoms with Crippen molar-refractivity contribution in [3.63, 3.8) is 0 Å². The van der Waals surface area contributed by atoms with Crippen LogP contribution in [0.4, 0.5) is 4.39 Å². The first-order valence-corrected chi connectivity index (χ1v) is 9.87. The lowest BCUT2D eigenvalue weighted by molar-refractivity contribution is 0.0470. The van der Waals surface area contributed by atoms with Gasteiger partial charge in [0.15, 0.2) is 0 Å². The van der Waals surface area contributed by atoms with E-state index >= 15 is 0 Å². The molecule has 2 bridgehead atoms. The molecule has 0 spiro atoms. The molecule has 3 nitrogen and oxygen atoms in total. The van der Waals surface area contributed by atoms with Crippen LogP contribution in [-0.4, -0.2) is 35.1 Å². The second kappa shape index (κ2) is 6.58. The van der Waals surface area contributed by atoms with Crippen LogP contribution in [0.3, 0.4) is 0 Å². The highest BCUT2D eigenvalue weighted by atomic mass is 32.1. The van der Waals surface area contributed by atoms with Crippen molar-refractivity contribution in [2.75, 3.05) is 13.1 Å². The highest BCUT2D eigenvalue weighted by Crippen LogP contribution is 2.38. The Labute approximate surface area is 156 Å². The monoisotopic (exact) mass is 365 g/mol. The second-order valence-corrected chi connectivity index (χ2v) is 8.14. The van der Waals surface area contributed by atoms with Crippen LogP contribution >= 0.6 is 11.3 Å². The van der Waals surface area contributed by atoms with Crippen LogP contribution in [0, 0.1) is 5.82 Å². The van der Waals surface area contributed by atoms with Gasteiger partial charge in [-0.25, -0.2) is 9.37 Å². The Balaban J connectivity index is 1.28. The molecule has 3 aliphatic rings. The molecule has 1 aromatic heterocycles. The smallest absolute Gasteiger partial charge is 0.123 e. The molecule has 6 rings (SSSR count). The van der Waals surface area contributed by atoms with Crippen molar-refractivity contribution in [3.05, 3.63) is 76.5 Å². The Morgan fingerprint density at radius 3 is 2.58 bits per heavy atom. The van der Waals surface area contributed by atoms with Gasteiger partial charge in [0.2, 0.25) is 0 Å². The third kappa shape index (κ3) is 2.96. The van der Waals surface area contributed by atoms with Gasteiger partial charge in [0, 0.05) is 42.7 Å². The van der Waals surface area contributed by atoms with Crippen LogP contribution < -0.4 is 5.32 Å². The molecule has 0 radical (unpaired) electrons. The van der Waals surface area contributed by atoms with Crippen LogP contribution in [0.1, 0.15) is 16.5 Å². The molecule has 3 aliphatic heterocycles. The molecule has 3 fully saturated rings. The molecule has 4 heterocycles. The van der Waals surface area contributed by atoms with Crippen molar-refractivity contribution in [1.29, 1.82) is 0 Å². The van der Waals surface area contributed by atoms with E-state index in [-0.39, 0.29) is 5.82 Å². The topological polar surface area (TPSA) is 28.2 Å². The standard InChI is InChI=1S/C21H20FN3S/c22-17-3-1-2-16(10-17)14-4-6-15(7-5-14)21-18-11-25(12-19(21)24-18)13-20-23-8-9-26-20/h1-10,18-19,21,24H,11-13H2/t18-,19+,21?. The van der Waals surface area contributed by atoms with Crippen LogP contribution in [0.15, 0.2) is 60.1 Å². The number of nitrogens with zero attached hydrogens (tertiary/aromatic N) is 2. The van der Waals surface area contributed by atoms with Gasteiger partial charge in [-0.2, -0.15) is 0 Å². The Hall–Kier alpha value is -2.08. The highest BCUT2D eigenvalue weighted by molar-refractivity contribution is 7.09. The fraction of sp³-hybridized carbons (Fsp3) is 0.286. The molecule has 3 atom stereocenters. The first kappa shape index (κ1) is 16.1.